The van der Waals surface area contributed by atoms with Crippen LogP contribution < -0.4 is 11.2 Å². The number of aromatic amines is 1. The summed E-state index contributed by atoms with van der Waals surface area (Å²) in [6.07, 6.45) is 9.49. The molecule has 1 N–H and O–H groups in total. The number of hydrogen-bond acceptors (Lipinski definition) is 3. The summed E-state index contributed by atoms with van der Waals surface area (Å²) in [7, 11) is 0. The molecular weight excluding hydrogens is 280 g/mol. The first-order valence-electron chi connectivity index (χ1n) is 7.25. The van der Waals surface area contributed by atoms with Gasteiger partial charge in [-0.2, -0.15) is 0 Å². The van der Waals surface area contributed by atoms with Crippen molar-refractivity contribution in [1.29, 1.82) is 0 Å². The van der Waals surface area contributed by atoms with E-state index in [4.69, 9.17) is 16.3 Å². The van der Waals surface area contributed by atoms with Gasteiger partial charge < -0.3 is 4.74 Å². The quantitative estimate of drug-likeness (QED) is 0.909. The van der Waals surface area contributed by atoms with Crippen molar-refractivity contribution in [3.05, 3.63) is 32.1 Å². The molecule has 1 saturated heterocycles. The summed E-state index contributed by atoms with van der Waals surface area (Å²) in [4.78, 5) is 25.2. The van der Waals surface area contributed by atoms with E-state index >= 15 is 0 Å². The first kappa shape index (κ1) is 13.9. The fourth-order valence-electron chi connectivity index (χ4n) is 3.43. The Labute approximate surface area is 121 Å². The third kappa shape index (κ3) is 2.69. The maximum absolute atomic E-state index is 11.7. The molecule has 3 rings (SSSR count). The van der Waals surface area contributed by atoms with E-state index < -0.39 is 11.2 Å². The van der Waals surface area contributed by atoms with E-state index in [9.17, 15) is 9.59 Å². The Morgan fingerprint density at radius 3 is 2.80 bits per heavy atom. The van der Waals surface area contributed by atoms with E-state index in [-0.39, 0.29) is 16.7 Å². The van der Waals surface area contributed by atoms with Gasteiger partial charge in [-0.25, -0.2) is 4.79 Å². The Kier molecular flexibility index (Phi) is 3.73. The van der Waals surface area contributed by atoms with Gasteiger partial charge in [-0.3, -0.25) is 14.3 Å². The van der Waals surface area contributed by atoms with Gasteiger partial charge in [-0.1, -0.05) is 30.9 Å². The Morgan fingerprint density at radius 2 is 2.05 bits per heavy atom. The first-order valence-corrected chi connectivity index (χ1v) is 7.63. The molecule has 0 bridgehead atoms. The van der Waals surface area contributed by atoms with E-state index in [2.05, 4.69) is 4.98 Å². The number of halogens is 1. The highest BCUT2D eigenvalue weighted by atomic mass is 35.5. The van der Waals surface area contributed by atoms with E-state index in [0.717, 1.165) is 25.7 Å². The topological polar surface area (TPSA) is 64.1 Å². The van der Waals surface area contributed by atoms with Crippen LogP contribution in [0.2, 0.25) is 5.02 Å². The average molecular weight is 299 g/mol. The van der Waals surface area contributed by atoms with Crippen molar-refractivity contribution in [2.24, 2.45) is 0 Å². The zero-order valence-electron chi connectivity index (χ0n) is 11.4. The molecular formula is C14H19ClN2O3. The Morgan fingerprint density at radius 1 is 1.30 bits per heavy atom. The molecule has 1 aromatic rings. The van der Waals surface area contributed by atoms with Gasteiger partial charge in [0.05, 0.1) is 18.2 Å². The van der Waals surface area contributed by atoms with Crippen molar-refractivity contribution in [3.8, 4) is 0 Å². The lowest BCUT2D eigenvalue weighted by molar-refractivity contribution is -0.0683. The molecule has 1 saturated carbocycles. The summed E-state index contributed by atoms with van der Waals surface area (Å²) in [6.45, 7) is 0.455. The van der Waals surface area contributed by atoms with Crippen molar-refractivity contribution in [2.75, 3.05) is 0 Å². The zero-order valence-corrected chi connectivity index (χ0v) is 12.1. The van der Waals surface area contributed by atoms with Gasteiger partial charge in [-0.15, -0.1) is 0 Å². The molecule has 1 spiro atoms. The first-order chi connectivity index (χ1) is 9.58. The molecule has 1 atom stereocenters. The molecule has 1 aliphatic carbocycles. The van der Waals surface area contributed by atoms with Gasteiger partial charge in [0.2, 0.25) is 0 Å². The number of nitrogens with one attached hydrogen (secondary N) is 1. The maximum atomic E-state index is 11.7. The van der Waals surface area contributed by atoms with Crippen LogP contribution in [-0.4, -0.2) is 21.3 Å². The summed E-state index contributed by atoms with van der Waals surface area (Å²) >= 11 is 5.77. The normalized spacial score (nSPS) is 25.1. The van der Waals surface area contributed by atoms with Gasteiger partial charge in [0.15, 0.2) is 0 Å². The molecule has 20 heavy (non-hydrogen) atoms. The van der Waals surface area contributed by atoms with Crippen LogP contribution in [0.3, 0.4) is 0 Å². The van der Waals surface area contributed by atoms with Crippen molar-refractivity contribution in [2.45, 2.75) is 63.2 Å². The van der Waals surface area contributed by atoms with Crippen LogP contribution in [0.5, 0.6) is 0 Å². The van der Waals surface area contributed by atoms with Gasteiger partial charge in [-0.05, 0) is 25.7 Å². The van der Waals surface area contributed by atoms with Crippen LogP contribution in [0.25, 0.3) is 0 Å². The van der Waals surface area contributed by atoms with Crippen LogP contribution in [-0.2, 0) is 11.3 Å². The molecule has 110 valence electrons. The van der Waals surface area contributed by atoms with E-state index in [0.29, 0.717) is 6.54 Å². The van der Waals surface area contributed by atoms with E-state index in [1.54, 1.807) is 0 Å². The number of H-pyrrole nitrogens is 1. The minimum absolute atomic E-state index is 0.0350. The largest absolute Gasteiger partial charge is 0.370 e. The van der Waals surface area contributed by atoms with Crippen LogP contribution in [0.1, 0.15) is 44.9 Å². The summed E-state index contributed by atoms with van der Waals surface area (Å²) in [5.74, 6) is 0. The molecule has 0 radical (unpaired) electrons. The molecule has 2 fully saturated rings. The highest BCUT2D eigenvalue weighted by Crippen LogP contribution is 2.42. The highest BCUT2D eigenvalue weighted by Gasteiger charge is 2.40. The molecule has 2 aliphatic rings. The lowest BCUT2D eigenvalue weighted by Gasteiger charge is -2.33. The predicted molar refractivity (Wildman–Crippen MR) is 76.3 cm³/mol. The van der Waals surface area contributed by atoms with Gasteiger partial charge in [0.25, 0.3) is 5.56 Å². The number of rotatable bonds is 2. The van der Waals surface area contributed by atoms with E-state index in [1.807, 2.05) is 0 Å². The van der Waals surface area contributed by atoms with Crippen LogP contribution in [0.4, 0.5) is 0 Å². The second kappa shape index (κ2) is 5.37. The van der Waals surface area contributed by atoms with Crippen LogP contribution in [0, 0.1) is 0 Å². The Bertz CT molecular complexity index is 601. The lowest BCUT2D eigenvalue weighted by atomic mass is 9.83. The highest BCUT2D eigenvalue weighted by molar-refractivity contribution is 6.30. The molecule has 6 heteroatoms. The number of hydrogen-bond donors (Lipinski definition) is 1. The number of ether oxygens (including phenoxy) is 1. The van der Waals surface area contributed by atoms with Gasteiger partial charge in [0, 0.05) is 6.20 Å². The third-order valence-corrected chi connectivity index (χ3v) is 4.74. The van der Waals surface area contributed by atoms with Crippen molar-refractivity contribution in [3.63, 3.8) is 0 Å². The van der Waals surface area contributed by atoms with Crippen molar-refractivity contribution >= 4 is 11.6 Å². The second-order valence-electron chi connectivity index (χ2n) is 5.91. The maximum Gasteiger partial charge on any atom is 0.328 e. The predicted octanol–water partition coefficient (Wildman–Crippen LogP) is 2.07. The van der Waals surface area contributed by atoms with Crippen LogP contribution >= 0.6 is 11.6 Å². The van der Waals surface area contributed by atoms with Gasteiger partial charge >= 0.3 is 5.69 Å². The minimum atomic E-state index is -0.538. The third-order valence-electron chi connectivity index (χ3n) is 4.47. The smallest absolute Gasteiger partial charge is 0.328 e. The number of nitrogens with zero attached hydrogens (tertiary/aromatic N) is 1. The standard InChI is InChI=1S/C14H19ClN2O3/c15-11-9-17(13(19)16-12(11)18)8-10-4-7-14(20-10)5-2-1-3-6-14/h9-10H,1-8H2,(H,16,18,19). The molecule has 1 aromatic heterocycles. The fraction of sp³-hybridized carbons (Fsp3) is 0.714. The van der Waals surface area contributed by atoms with Crippen LogP contribution in [0.15, 0.2) is 15.8 Å². The van der Waals surface area contributed by atoms with Gasteiger partial charge in [0.1, 0.15) is 5.02 Å². The Balaban J connectivity index is 1.72. The monoisotopic (exact) mass is 298 g/mol. The van der Waals surface area contributed by atoms with Crippen molar-refractivity contribution in [1.82, 2.24) is 9.55 Å². The summed E-state index contributed by atoms with van der Waals surface area (Å²) < 4.78 is 7.66. The molecule has 5 nitrogen and oxygen atoms in total. The minimum Gasteiger partial charge on any atom is -0.370 e. The molecule has 0 amide bonds. The molecule has 1 aliphatic heterocycles. The Hall–Kier alpha value is -1.07. The lowest BCUT2D eigenvalue weighted by Crippen LogP contribution is -2.35. The average Bonchev–Trinajstić information content (AvgIpc) is 2.79. The summed E-state index contributed by atoms with van der Waals surface area (Å²) in [5, 5.41) is 0.0370. The summed E-state index contributed by atoms with van der Waals surface area (Å²) in [6, 6.07) is 0. The zero-order chi connectivity index (χ0) is 14.2. The number of aromatic nitrogens is 2. The molecule has 1 unspecified atom stereocenters. The fourth-order valence-corrected chi connectivity index (χ4v) is 3.59. The SMILES string of the molecule is O=c1[nH]c(=O)n(CC2CCC3(CCCCC3)O2)cc1Cl. The van der Waals surface area contributed by atoms with Crippen molar-refractivity contribution < 1.29 is 4.74 Å². The van der Waals surface area contributed by atoms with E-state index in [1.165, 1.54) is 30.0 Å². The molecule has 2 heterocycles. The second-order valence-corrected chi connectivity index (χ2v) is 6.32. The molecule has 0 aromatic carbocycles. The summed E-state index contributed by atoms with van der Waals surface area (Å²) in [5.41, 5.74) is -0.921.